The van der Waals surface area contributed by atoms with Gasteiger partial charge in [-0.25, -0.2) is 0 Å². The van der Waals surface area contributed by atoms with Crippen LogP contribution in [0.3, 0.4) is 0 Å². The molecule has 0 aliphatic carbocycles. The first-order valence-electron chi connectivity index (χ1n) is 15.6. The quantitative estimate of drug-likeness (QED) is 0.159. The minimum Gasteiger partial charge on any atom is -0.469 e. The van der Waals surface area contributed by atoms with Gasteiger partial charge in [-0.3, -0.25) is 19.1 Å². The molecule has 1 fully saturated rings. The van der Waals surface area contributed by atoms with Crippen molar-refractivity contribution in [3.63, 3.8) is 0 Å². The predicted molar refractivity (Wildman–Crippen MR) is 168 cm³/mol. The minimum atomic E-state index is -1.82. The van der Waals surface area contributed by atoms with Crippen LogP contribution < -0.4 is 9.80 Å². The summed E-state index contributed by atoms with van der Waals surface area (Å²) in [4.78, 5) is 41.3. The first-order valence-corrected chi connectivity index (χ1v) is 15.6. The third kappa shape index (κ3) is 6.69. The van der Waals surface area contributed by atoms with Gasteiger partial charge in [-0.2, -0.15) is 0 Å². The summed E-state index contributed by atoms with van der Waals surface area (Å²) < 4.78 is 6.44. The molecule has 11 nitrogen and oxygen atoms in total. The van der Waals surface area contributed by atoms with Gasteiger partial charge in [0.1, 0.15) is 0 Å². The van der Waals surface area contributed by atoms with Crippen LogP contribution >= 0.6 is 0 Å². The lowest BCUT2D eigenvalue weighted by Crippen LogP contribution is -2.44. The Kier molecular flexibility index (Phi) is 10.1. The van der Waals surface area contributed by atoms with Gasteiger partial charge in [-0.1, -0.05) is 54.6 Å². The maximum Gasteiger partial charge on any atom is 0.305 e. The first-order chi connectivity index (χ1) is 21.8. The van der Waals surface area contributed by atoms with Crippen molar-refractivity contribution in [2.45, 2.75) is 63.5 Å². The van der Waals surface area contributed by atoms with Crippen LogP contribution in [0.25, 0.3) is 0 Å². The number of aryl methyl sites for hydroxylation is 1. The fourth-order valence-electron chi connectivity index (χ4n) is 6.17. The molecule has 1 unspecified atom stereocenters. The summed E-state index contributed by atoms with van der Waals surface area (Å²) in [6.45, 7) is 3.21. The molecule has 3 aromatic rings. The van der Waals surface area contributed by atoms with Crippen molar-refractivity contribution in [2.24, 2.45) is 5.92 Å². The molecule has 2 N–H and O–H groups in total. The average Bonchev–Trinajstić information content (AvgIpc) is 3.76. The number of aromatic nitrogens is 3. The molecule has 0 spiro atoms. The van der Waals surface area contributed by atoms with E-state index in [-0.39, 0.29) is 30.8 Å². The number of carbonyl (C=O) groups is 3. The van der Waals surface area contributed by atoms with Crippen LogP contribution in [0.2, 0.25) is 0 Å². The highest BCUT2D eigenvalue weighted by Gasteiger charge is 2.52. The summed E-state index contributed by atoms with van der Waals surface area (Å²) in [6.07, 6.45) is 8.79. The largest absolute Gasteiger partial charge is 0.469 e. The van der Waals surface area contributed by atoms with E-state index in [1.54, 1.807) is 26.6 Å². The highest BCUT2D eigenvalue weighted by molar-refractivity contribution is 6.08. The Morgan fingerprint density at radius 2 is 1.93 bits per heavy atom. The Balaban J connectivity index is 1.30. The standard InChI is InChI=1S/C34H41N5O6/c1-24(11-6-8-18-37-22-29(35-36-37)27(23-40)25-12-4-3-5-13-25)34(44)28-21-26(38-20-10-14-31(38)41)16-17-30(28)39(33(34)43)19-9-7-15-32(42)45-2/h3-6,11-13,16-17,21-22,24,27,40,44H,7-10,14-15,18-20,23H2,1-2H3/b11-6+/t24-,27?,34+/m1/s1. The van der Waals surface area contributed by atoms with E-state index >= 15 is 0 Å². The van der Waals surface area contributed by atoms with Gasteiger partial charge in [-0.05, 0) is 49.4 Å². The van der Waals surface area contributed by atoms with E-state index in [0.29, 0.717) is 67.9 Å². The zero-order chi connectivity index (χ0) is 32.0. The smallest absolute Gasteiger partial charge is 0.305 e. The number of anilines is 2. The van der Waals surface area contributed by atoms with Crippen molar-refractivity contribution in [3.8, 4) is 0 Å². The zero-order valence-corrected chi connectivity index (χ0v) is 25.8. The second-order valence-electron chi connectivity index (χ2n) is 11.7. The van der Waals surface area contributed by atoms with Crippen molar-refractivity contribution in [1.29, 1.82) is 0 Å². The number of esters is 1. The van der Waals surface area contributed by atoms with E-state index in [4.69, 9.17) is 4.74 Å². The van der Waals surface area contributed by atoms with Gasteiger partial charge in [0.05, 0.1) is 31.0 Å². The SMILES string of the molecule is COC(=O)CCCCN1C(=O)[C@](O)([C@H](C)/C=C/CCn2cc(C(CO)c3ccccc3)nn2)c2cc(N3CCCC3=O)ccc21. The lowest BCUT2D eigenvalue weighted by molar-refractivity contribution is -0.140. The molecule has 1 aromatic heterocycles. The molecule has 2 aromatic carbocycles. The van der Waals surface area contributed by atoms with Gasteiger partial charge in [0.2, 0.25) is 5.91 Å². The maximum absolute atomic E-state index is 13.9. The molecule has 238 valence electrons. The van der Waals surface area contributed by atoms with Gasteiger partial charge in [0.15, 0.2) is 5.60 Å². The van der Waals surface area contributed by atoms with Crippen LogP contribution in [0.15, 0.2) is 66.9 Å². The molecule has 5 rings (SSSR count). The maximum atomic E-state index is 13.9. The molecular formula is C34H41N5O6. The molecular weight excluding hydrogens is 574 g/mol. The number of rotatable bonds is 14. The third-order valence-electron chi connectivity index (χ3n) is 8.78. The molecule has 3 atom stereocenters. The van der Waals surface area contributed by atoms with E-state index < -0.39 is 17.4 Å². The van der Waals surface area contributed by atoms with Gasteiger partial charge in [0, 0.05) is 55.8 Å². The number of fused-ring (bicyclic) bond motifs is 1. The van der Waals surface area contributed by atoms with Crippen LogP contribution in [-0.2, 0) is 31.3 Å². The summed E-state index contributed by atoms with van der Waals surface area (Å²) in [5.41, 5.74) is 1.59. The third-order valence-corrected chi connectivity index (χ3v) is 8.78. The normalized spacial score (nSPS) is 19.4. The average molecular weight is 616 g/mol. The number of ether oxygens (including phenoxy) is 1. The van der Waals surface area contributed by atoms with Crippen molar-refractivity contribution in [2.75, 3.05) is 36.6 Å². The van der Waals surface area contributed by atoms with Crippen LogP contribution in [-0.4, -0.2) is 69.8 Å². The highest BCUT2D eigenvalue weighted by Crippen LogP contribution is 2.47. The van der Waals surface area contributed by atoms with Crippen molar-refractivity contribution in [3.05, 3.63) is 83.7 Å². The van der Waals surface area contributed by atoms with Crippen LogP contribution in [0.1, 0.15) is 68.2 Å². The first kappa shape index (κ1) is 32.1. The fourth-order valence-corrected chi connectivity index (χ4v) is 6.17. The number of hydrogen-bond acceptors (Lipinski definition) is 8. The summed E-state index contributed by atoms with van der Waals surface area (Å²) in [5, 5.41) is 30.6. The number of unbranched alkanes of at least 4 members (excludes halogenated alkanes) is 1. The lowest BCUT2D eigenvalue weighted by Gasteiger charge is -2.28. The minimum absolute atomic E-state index is 0.0285. The van der Waals surface area contributed by atoms with E-state index in [2.05, 4.69) is 10.3 Å². The molecule has 3 heterocycles. The summed E-state index contributed by atoms with van der Waals surface area (Å²) in [6, 6.07) is 15.1. The van der Waals surface area contributed by atoms with Crippen LogP contribution in [0.4, 0.5) is 11.4 Å². The number of benzene rings is 2. The number of hydrogen-bond donors (Lipinski definition) is 2. The monoisotopic (exact) mass is 615 g/mol. The number of amides is 2. The second-order valence-corrected chi connectivity index (χ2v) is 11.7. The molecule has 45 heavy (non-hydrogen) atoms. The molecule has 2 amide bonds. The molecule has 1 saturated heterocycles. The van der Waals surface area contributed by atoms with Crippen molar-refractivity contribution >= 4 is 29.2 Å². The number of nitrogens with zero attached hydrogens (tertiary/aromatic N) is 5. The number of aliphatic hydroxyl groups is 2. The Labute approximate surface area is 263 Å². The molecule has 0 bridgehead atoms. The summed E-state index contributed by atoms with van der Waals surface area (Å²) in [7, 11) is 1.35. The van der Waals surface area contributed by atoms with Crippen LogP contribution in [0, 0.1) is 5.92 Å². The highest BCUT2D eigenvalue weighted by atomic mass is 16.5. The van der Waals surface area contributed by atoms with Gasteiger partial charge >= 0.3 is 5.97 Å². The van der Waals surface area contributed by atoms with Crippen molar-refractivity contribution in [1.82, 2.24) is 15.0 Å². The molecule has 11 heteroatoms. The van der Waals surface area contributed by atoms with Crippen molar-refractivity contribution < 1.29 is 29.3 Å². The Hall–Kier alpha value is -4.35. The van der Waals surface area contributed by atoms with E-state index in [0.717, 1.165) is 12.0 Å². The predicted octanol–water partition coefficient (Wildman–Crippen LogP) is 3.69. The number of carbonyl (C=O) groups excluding carboxylic acids is 3. The van der Waals surface area contributed by atoms with Gasteiger partial charge in [0.25, 0.3) is 5.91 Å². The van der Waals surface area contributed by atoms with E-state index in [1.165, 1.54) is 7.11 Å². The van der Waals surface area contributed by atoms with Gasteiger partial charge < -0.3 is 24.7 Å². The summed E-state index contributed by atoms with van der Waals surface area (Å²) >= 11 is 0. The molecule has 2 aliphatic rings. The molecule has 0 saturated carbocycles. The van der Waals surface area contributed by atoms with E-state index in [1.807, 2.05) is 61.7 Å². The topological polar surface area (TPSA) is 138 Å². The fraction of sp³-hybridized carbons (Fsp3) is 0.441. The van der Waals surface area contributed by atoms with E-state index in [9.17, 15) is 24.6 Å². The second kappa shape index (κ2) is 14.2. The van der Waals surface area contributed by atoms with Crippen LogP contribution in [0.5, 0.6) is 0 Å². The number of methoxy groups -OCH3 is 1. The number of aliphatic hydroxyl groups excluding tert-OH is 1. The lowest BCUT2D eigenvalue weighted by atomic mass is 9.82. The number of allylic oxidation sites excluding steroid dienone is 1. The molecule has 2 aliphatic heterocycles. The zero-order valence-electron chi connectivity index (χ0n) is 25.8. The van der Waals surface area contributed by atoms with Gasteiger partial charge in [-0.15, -0.1) is 5.10 Å². The Morgan fingerprint density at radius 3 is 2.64 bits per heavy atom. The summed E-state index contributed by atoms with van der Waals surface area (Å²) in [5.74, 6) is -1.53. The molecule has 0 radical (unpaired) electrons. The Morgan fingerprint density at radius 1 is 1.13 bits per heavy atom. The Bertz CT molecular complexity index is 1540.